The van der Waals surface area contributed by atoms with Crippen LogP contribution < -0.4 is 5.73 Å². The van der Waals surface area contributed by atoms with Gasteiger partial charge in [0.15, 0.2) is 0 Å². The number of rotatable bonds is 5. The molecule has 0 radical (unpaired) electrons. The predicted molar refractivity (Wildman–Crippen MR) is 83.1 cm³/mol. The molecule has 0 saturated carbocycles. The van der Waals surface area contributed by atoms with E-state index in [1.807, 2.05) is 18.2 Å². The van der Waals surface area contributed by atoms with E-state index in [0.29, 0.717) is 6.54 Å². The van der Waals surface area contributed by atoms with Crippen molar-refractivity contribution in [2.75, 3.05) is 13.6 Å². The molecule has 2 nitrogen and oxygen atoms in total. The van der Waals surface area contributed by atoms with E-state index in [2.05, 4.69) is 48.6 Å². The molecule has 1 aromatic carbocycles. The van der Waals surface area contributed by atoms with Gasteiger partial charge in [0.1, 0.15) is 0 Å². The molecule has 1 unspecified atom stereocenters. The average molecular weight is 334 g/mol. The maximum atomic E-state index is 6.09. The first-order chi connectivity index (χ1) is 8.33. The molecule has 0 saturated heterocycles. The molecule has 0 amide bonds. The summed E-state index contributed by atoms with van der Waals surface area (Å²) in [6, 6.07) is 6.01. The third kappa shape index (κ3) is 3.47. The van der Waals surface area contributed by atoms with Crippen LogP contribution in [0.1, 0.15) is 38.8 Å². The highest BCUT2D eigenvalue weighted by Crippen LogP contribution is 2.33. The van der Waals surface area contributed by atoms with Gasteiger partial charge in [0.05, 0.1) is 0 Å². The summed E-state index contributed by atoms with van der Waals surface area (Å²) in [5.41, 5.74) is 7.22. The lowest BCUT2D eigenvalue weighted by molar-refractivity contribution is 0.100. The van der Waals surface area contributed by atoms with E-state index in [1.54, 1.807) is 0 Å². The second-order valence-corrected chi connectivity index (χ2v) is 6.49. The molecule has 0 heterocycles. The first-order valence-corrected chi connectivity index (χ1v) is 7.38. The van der Waals surface area contributed by atoms with Crippen molar-refractivity contribution in [2.45, 2.75) is 38.8 Å². The van der Waals surface area contributed by atoms with Gasteiger partial charge in [-0.25, -0.2) is 0 Å². The molecule has 0 aliphatic rings. The van der Waals surface area contributed by atoms with Crippen molar-refractivity contribution < 1.29 is 0 Å². The fraction of sp³-hybridized carbons (Fsp3) is 0.571. The van der Waals surface area contributed by atoms with Gasteiger partial charge in [0.25, 0.3) is 0 Å². The quantitative estimate of drug-likeness (QED) is 0.874. The fourth-order valence-electron chi connectivity index (χ4n) is 1.93. The number of nitrogens with two attached hydrogens (primary N) is 1. The molecule has 0 aliphatic heterocycles. The number of likely N-dealkylation sites (N-methyl/N-ethyl adjacent to an activating group) is 1. The Labute approximate surface area is 124 Å². The SMILES string of the molecule is CCC(C)(C)N(C)C(CN)c1cc(Cl)ccc1Br. The number of hydrogen-bond donors (Lipinski definition) is 1. The molecule has 1 aromatic rings. The van der Waals surface area contributed by atoms with Gasteiger partial charge in [0, 0.05) is 27.6 Å². The Hall–Kier alpha value is -0.0900. The molecular formula is C14H22BrClN2. The lowest BCUT2D eigenvalue weighted by Gasteiger charge is -2.41. The molecule has 4 heteroatoms. The van der Waals surface area contributed by atoms with Crippen LogP contribution in [0.3, 0.4) is 0 Å². The van der Waals surface area contributed by atoms with Crippen molar-refractivity contribution in [3.63, 3.8) is 0 Å². The molecule has 2 N–H and O–H groups in total. The first kappa shape index (κ1) is 16.0. The second-order valence-electron chi connectivity index (χ2n) is 5.19. The lowest BCUT2D eigenvalue weighted by Crippen LogP contribution is -2.45. The lowest BCUT2D eigenvalue weighted by atomic mass is 9.95. The van der Waals surface area contributed by atoms with Crippen molar-refractivity contribution in [1.82, 2.24) is 4.90 Å². The third-order valence-electron chi connectivity index (χ3n) is 3.83. The maximum absolute atomic E-state index is 6.09. The Morgan fingerprint density at radius 1 is 1.44 bits per heavy atom. The summed E-state index contributed by atoms with van der Waals surface area (Å²) < 4.78 is 1.06. The van der Waals surface area contributed by atoms with Crippen molar-refractivity contribution >= 4 is 27.5 Å². The van der Waals surface area contributed by atoms with E-state index in [4.69, 9.17) is 17.3 Å². The van der Waals surface area contributed by atoms with Crippen LogP contribution in [0.15, 0.2) is 22.7 Å². The monoisotopic (exact) mass is 332 g/mol. The Kier molecular flexibility index (Phi) is 5.66. The van der Waals surface area contributed by atoms with Crippen LogP contribution in [0.4, 0.5) is 0 Å². The van der Waals surface area contributed by atoms with Gasteiger partial charge >= 0.3 is 0 Å². The Balaban J connectivity index is 3.13. The Morgan fingerprint density at radius 3 is 2.56 bits per heavy atom. The van der Waals surface area contributed by atoms with E-state index in [0.717, 1.165) is 21.5 Å². The fourth-order valence-corrected chi connectivity index (χ4v) is 2.63. The standard InChI is InChI=1S/C14H22BrClN2/c1-5-14(2,3)18(4)13(9-17)11-8-10(16)6-7-12(11)15/h6-8,13H,5,9,17H2,1-4H3. The van der Waals surface area contributed by atoms with Crippen molar-refractivity contribution in [3.8, 4) is 0 Å². The van der Waals surface area contributed by atoms with E-state index >= 15 is 0 Å². The van der Waals surface area contributed by atoms with Gasteiger partial charge in [-0.3, -0.25) is 4.90 Å². The summed E-state index contributed by atoms with van der Waals surface area (Å²) in [6.45, 7) is 7.22. The molecule has 1 rings (SSSR count). The van der Waals surface area contributed by atoms with Crippen LogP contribution in [0.5, 0.6) is 0 Å². The summed E-state index contributed by atoms with van der Waals surface area (Å²) >= 11 is 9.68. The smallest absolute Gasteiger partial charge is 0.0484 e. The van der Waals surface area contributed by atoms with E-state index < -0.39 is 0 Å². The predicted octanol–water partition coefficient (Wildman–Crippen LogP) is 4.22. The Bertz CT molecular complexity index is 407. The van der Waals surface area contributed by atoms with Crippen molar-refractivity contribution in [1.29, 1.82) is 0 Å². The van der Waals surface area contributed by atoms with Gasteiger partial charge in [-0.2, -0.15) is 0 Å². The van der Waals surface area contributed by atoms with Gasteiger partial charge in [-0.15, -0.1) is 0 Å². The van der Waals surface area contributed by atoms with Gasteiger partial charge in [-0.1, -0.05) is 34.5 Å². The summed E-state index contributed by atoms with van der Waals surface area (Å²) in [5, 5.41) is 0.745. The van der Waals surface area contributed by atoms with Crippen LogP contribution in [0.25, 0.3) is 0 Å². The number of hydrogen-bond acceptors (Lipinski definition) is 2. The molecule has 0 bridgehead atoms. The summed E-state index contributed by atoms with van der Waals surface area (Å²) in [7, 11) is 2.12. The van der Waals surface area contributed by atoms with E-state index in [-0.39, 0.29) is 11.6 Å². The molecule has 0 spiro atoms. The van der Waals surface area contributed by atoms with Crippen molar-refractivity contribution in [3.05, 3.63) is 33.3 Å². The van der Waals surface area contributed by atoms with E-state index in [1.165, 1.54) is 0 Å². The van der Waals surface area contributed by atoms with Gasteiger partial charge in [-0.05, 0) is 51.1 Å². The van der Waals surface area contributed by atoms with Crippen LogP contribution >= 0.6 is 27.5 Å². The molecule has 0 fully saturated rings. The zero-order valence-electron chi connectivity index (χ0n) is 11.5. The van der Waals surface area contributed by atoms with Crippen LogP contribution in [0, 0.1) is 0 Å². The average Bonchev–Trinajstić information content (AvgIpc) is 2.34. The number of nitrogens with zero attached hydrogens (tertiary/aromatic N) is 1. The minimum atomic E-state index is 0.103. The molecule has 18 heavy (non-hydrogen) atoms. The largest absolute Gasteiger partial charge is 0.329 e. The van der Waals surface area contributed by atoms with Gasteiger partial charge < -0.3 is 5.73 Å². The van der Waals surface area contributed by atoms with Gasteiger partial charge in [0.2, 0.25) is 0 Å². The topological polar surface area (TPSA) is 29.3 Å². The maximum Gasteiger partial charge on any atom is 0.0484 e. The highest BCUT2D eigenvalue weighted by atomic mass is 79.9. The molecule has 0 aliphatic carbocycles. The zero-order valence-corrected chi connectivity index (χ0v) is 13.8. The first-order valence-electron chi connectivity index (χ1n) is 6.21. The number of halogens is 2. The van der Waals surface area contributed by atoms with Crippen LogP contribution in [-0.4, -0.2) is 24.0 Å². The highest BCUT2D eigenvalue weighted by Gasteiger charge is 2.29. The number of benzene rings is 1. The molecule has 1 atom stereocenters. The summed E-state index contributed by atoms with van der Waals surface area (Å²) in [6.07, 6.45) is 1.07. The minimum Gasteiger partial charge on any atom is -0.329 e. The second kappa shape index (κ2) is 6.38. The van der Waals surface area contributed by atoms with Crippen LogP contribution in [0.2, 0.25) is 5.02 Å². The molecule has 0 aromatic heterocycles. The molecule has 102 valence electrons. The minimum absolute atomic E-state index is 0.103. The third-order valence-corrected chi connectivity index (χ3v) is 4.79. The summed E-state index contributed by atoms with van der Waals surface area (Å²) in [4.78, 5) is 2.32. The highest BCUT2D eigenvalue weighted by molar-refractivity contribution is 9.10. The van der Waals surface area contributed by atoms with Crippen LogP contribution in [-0.2, 0) is 0 Å². The van der Waals surface area contributed by atoms with E-state index in [9.17, 15) is 0 Å². The molecular weight excluding hydrogens is 312 g/mol. The van der Waals surface area contributed by atoms with Crippen molar-refractivity contribution in [2.24, 2.45) is 5.73 Å². The summed E-state index contributed by atoms with van der Waals surface area (Å²) in [5.74, 6) is 0. The normalized spacial score (nSPS) is 14.0. The zero-order chi connectivity index (χ0) is 13.9. The Morgan fingerprint density at radius 2 is 2.06 bits per heavy atom.